The lowest BCUT2D eigenvalue weighted by Crippen LogP contribution is -2.29. The van der Waals surface area contributed by atoms with Crippen molar-refractivity contribution in [3.8, 4) is 0 Å². The van der Waals surface area contributed by atoms with Crippen molar-refractivity contribution in [3.63, 3.8) is 0 Å². The van der Waals surface area contributed by atoms with Crippen LogP contribution in [0.15, 0.2) is 24.5 Å². The van der Waals surface area contributed by atoms with E-state index in [0.29, 0.717) is 11.8 Å². The Bertz CT molecular complexity index is 358. The highest BCUT2D eigenvalue weighted by Crippen LogP contribution is 1.94. The molecule has 18 heavy (non-hydrogen) atoms. The van der Waals surface area contributed by atoms with Crippen LogP contribution in [0.2, 0.25) is 0 Å². The fourth-order valence-electron chi connectivity index (χ4n) is 0.886. The Labute approximate surface area is 104 Å². The second kappa shape index (κ2) is 9.23. The van der Waals surface area contributed by atoms with Crippen LogP contribution in [-0.4, -0.2) is 51.3 Å². The zero-order chi connectivity index (χ0) is 14.0. The molecule has 0 bridgehead atoms. The lowest BCUT2D eigenvalue weighted by molar-refractivity contribution is -0.111. The normalized spacial score (nSPS) is 12.8. The van der Waals surface area contributed by atoms with E-state index >= 15 is 0 Å². The van der Waals surface area contributed by atoms with Gasteiger partial charge in [-0.2, -0.15) is 0 Å². The molecule has 0 radical (unpaired) electrons. The first-order valence-corrected chi connectivity index (χ1v) is 5.13. The Hall–Kier alpha value is -1.83. The third-order valence-corrected chi connectivity index (χ3v) is 1.91. The molecule has 0 saturated heterocycles. The van der Waals surface area contributed by atoms with Crippen LogP contribution in [0, 0.1) is 0 Å². The first-order chi connectivity index (χ1) is 8.52. The number of rotatable bonds is 5. The minimum absolute atomic E-state index is 0.137. The summed E-state index contributed by atoms with van der Waals surface area (Å²) in [5.74, 6) is -0.442. The van der Waals surface area contributed by atoms with E-state index in [9.17, 15) is 9.59 Å². The monoisotopic (exact) mass is 256 g/mol. The molecule has 5 N–H and O–H groups in total. The average molecular weight is 256 g/mol. The van der Waals surface area contributed by atoms with Gasteiger partial charge < -0.3 is 25.8 Å². The highest BCUT2D eigenvalue weighted by molar-refractivity contribution is 5.92. The standard InChI is InChI=1S/C6H6N2O.C5H10O4/c7-6(9)5-2-1-3-8-4-5;6-2-1-4(8)5(9)3-7/h1-4H,(H2,7,9);2,4-5,7-9H,1,3H2. The Kier molecular flexibility index (Phi) is 8.29. The van der Waals surface area contributed by atoms with Gasteiger partial charge in [-0.05, 0) is 12.1 Å². The van der Waals surface area contributed by atoms with Gasteiger partial charge >= 0.3 is 0 Å². The number of pyridine rings is 1. The molecule has 100 valence electrons. The number of carbonyl (C=O) groups is 2. The summed E-state index contributed by atoms with van der Waals surface area (Å²) in [6, 6.07) is 3.29. The molecular formula is C11H16N2O5. The zero-order valence-corrected chi connectivity index (χ0v) is 9.64. The fraction of sp³-hybridized carbons (Fsp3) is 0.364. The lowest BCUT2D eigenvalue weighted by atomic mass is 10.2. The molecule has 0 fully saturated rings. The molecule has 0 saturated carbocycles. The molecule has 1 rings (SSSR count). The highest BCUT2D eigenvalue weighted by Gasteiger charge is 2.13. The maximum Gasteiger partial charge on any atom is 0.250 e. The molecule has 7 nitrogen and oxygen atoms in total. The van der Waals surface area contributed by atoms with Gasteiger partial charge in [-0.15, -0.1) is 0 Å². The van der Waals surface area contributed by atoms with E-state index in [1.54, 1.807) is 18.3 Å². The molecule has 1 heterocycles. The number of nitrogens with zero attached hydrogens (tertiary/aromatic N) is 1. The topological polar surface area (TPSA) is 134 Å². The van der Waals surface area contributed by atoms with E-state index in [1.807, 2.05) is 0 Å². The van der Waals surface area contributed by atoms with Gasteiger partial charge in [0.25, 0.3) is 0 Å². The third kappa shape index (κ3) is 6.69. The summed E-state index contributed by atoms with van der Waals surface area (Å²) in [6.45, 7) is -0.519. The Morgan fingerprint density at radius 1 is 1.44 bits per heavy atom. The van der Waals surface area contributed by atoms with Crippen LogP contribution < -0.4 is 5.73 Å². The molecule has 0 aliphatic heterocycles. The van der Waals surface area contributed by atoms with E-state index < -0.39 is 24.7 Å². The average Bonchev–Trinajstić information content (AvgIpc) is 2.39. The van der Waals surface area contributed by atoms with Crippen molar-refractivity contribution in [2.45, 2.75) is 18.6 Å². The summed E-state index contributed by atoms with van der Waals surface area (Å²) in [5, 5.41) is 25.5. The first-order valence-electron chi connectivity index (χ1n) is 5.13. The molecule has 1 aromatic heterocycles. The second-order valence-corrected chi connectivity index (χ2v) is 3.33. The number of amides is 1. The van der Waals surface area contributed by atoms with E-state index in [0.717, 1.165) is 0 Å². The number of aromatic nitrogens is 1. The summed E-state index contributed by atoms with van der Waals surface area (Å²) in [6.07, 6.45) is 1.04. The van der Waals surface area contributed by atoms with E-state index in [4.69, 9.17) is 21.1 Å². The number of hydrogen-bond acceptors (Lipinski definition) is 6. The number of aliphatic hydroxyl groups is 3. The number of carbonyl (C=O) groups excluding carboxylic acids is 2. The predicted octanol–water partition coefficient (Wildman–Crippen LogP) is -1.53. The van der Waals surface area contributed by atoms with Gasteiger partial charge in [-0.1, -0.05) is 0 Å². The SMILES string of the molecule is NC(=O)c1cccnc1.O=CCC(O)C(O)CO. The molecule has 0 aliphatic rings. The van der Waals surface area contributed by atoms with Crippen LogP contribution in [0.4, 0.5) is 0 Å². The molecule has 1 amide bonds. The van der Waals surface area contributed by atoms with Crippen LogP contribution in [-0.2, 0) is 4.79 Å². The molecular weight excluding hydrogens is 240 g/mol. The summed E-state index contributed by atoms with van der Waals surface area (Å²) in [4.78, 5) is 23.8. The predicted molar refractivity (Wildman–Crippen MR) is 62.5 cm³/mol. The van der Waals surface area contributed by atoms with Gasteiger partial charge in [0.1, 0.15) is 12.4 Å². The van der Waals surface area contributed by atoms with E-state index in [2.05, 4.69) is 4.98 Å². The Balaban J connectivity index is 0.000000321. The zero-order valence-electron chi connectivity index (χ0n) is 9.64. The molecule has 2 unspecified atom stereocenters. The van der Waals surface area contributed by atoms with Gasteiger partial charge in [0, 0.05) is 18.8 Å². The summed E-state index contributed by atoms with van der Waals surface area (Å²) in [5.41, 5.74) is 5.38. The number of primary amides is 1. The van der Waals surface area contributed by atoms with Crippen LogP contribution in [0.1, 0.15) is 16.8 Å². The molecule has 7 heteroatoms. The summed E-state index contributed by atoms with van der Waals surface area (Å²) in [7, 11) is 0. The van der Waals surface area contributed by atoms with Crippen molar-refractivity contribution in [2.24, 2.45) is 5.73 Å². The van der Waals surface area contributed by atoms with Gasteiger partial charge in [-0.25, -0.2) is 0 Å². The molecule has 0 aliphatic carbocycles. The quantitative estimate of drug-likeness (QED) is 0.472. The molecule has 2 atom stereocenters. The highest BCUT2D eigenvalue weighted by atomic mass is 16.4. The second-order valence-electron chi connectivity index (χ2n) is 3.33. The fourth-order valence-corrected chi connectivity index (χ4v) is 0.886. The number of nitrogens with two attached hydrogens (primary N) is 1. The van der Waals surface area contributed by atoms with Crippen molar-refractivity contribution in [1.82, 2.24) is 4.98 Å². The van der Waals surface area contributed by atoms with Crippen molar-refractivity contribution >= 4 is 12.2 Å². The minimum atomic E-state index is -1.20. The van der Waals surface area contributed by atoms with Crippen LogP contribution in [0.25, 0.3) is 0 Å². The van der Waals surface area contributed by atoms with E-state index in [1.165, 1.54) is 6.20 Å². The number of hydrogen-bond donors (Lipinski definition) is 4. The number of aliphatic hydroxyl groups excluding tert-OH is 3. The largest absolute Gasteiger partial charge is 0.394 e. The van der Waals surface area contributed by atoms with Crippen LogP contribution >= 0.6 is 0 Å². The summed E-state index contributed by atoms with van der Waals surface area (Å²) >= 11 is 0. The van der Waals surface area contributed by atoms with Gasteiger partial charge in [0.15, 0.2) is 0 Å². The Morgan fingerprint density at radius 2 is 2.11 bits per heavy atom. The smallest absolute Gasteiger partial charge is 0.250 e. The summed E-state index contributed by atoms with van der Waals surface area (Å²) < 4.78 is 0. The van der Waals surface area contributed by atoms with Crippen molar-refractivity contribution < 1.29 is 24.9 Å². The van der Waals surface area contributed by atoms with E-state index in [-0.39, 0.29) is 6.42 Å². The lowest BCUT2D eigenvalue weighted by Gasteiger charge is -2.11. The number of aldehydes is 1. The van der Waals surface area contributed by atoms with Crippen LogP contribution in [0.5, 0.6) is 0 Å². The van der Waals surface area contributed by atoms with Gasteiger partial charge in [0.2, 0.25) is 5.91 Å². The Morgan fingerprint density at radius 3 is 2.44 bits per heavy atom. The van der Waals surface area contributed by atoms with Gasteiger partial charge in [-0.3, -0.25) is 9.78 Å². The minimum Gasteiger partial charge on any atom is -0.394 e. The van der Waals surface area contributed by atoms with Gasteiger partial charge in [0.05, 0.1) is 18.3 Å². The van der Waals surface area contributed by atoms with Crippen molar-refractivity contribution in [2.75, 3.05) is 6.61 Å². The molecule has 0 spiro atoms. The maximum atomic E-state index is 10.4. The van der Waals surface area contributed by atoms with Crippen molar-refractivity contribution in [3.05, 3.63) is 30.1 Å². The van der Waals surface area contributed by atoms with Crippen molar-refractivity contribution in [1.29, 1.82) is 0 Å². The molecule has 1 aromatic rings. The third-order valence-electron chi connectivity index (χ3n) is 1.91. The molecule has 0 aromatic carbocycles. The van der Waals surface area contributed by atoms with Crippen LogP contribution in [0.3, 0.4) is 0 Å². The maximum absolute atomic E-state index is 10.4. The first kappa shape index (κ1) is 16.2.